The van der Waals surface area contributed by atoms with Crippen LogP contribution in [0.3, 0.4) is 0 Å². The van der Waals surface area contributed by atoms with E-state index in [0.29, 0.717) is 29.9 Å². The number of nitrogens with two attached hydrogens (primary N) is 1. The van der Waals surface area contributed by atoms with E-state index in [-0.39, 0.29) is 28.9 Å². The normalized spacial score (nSPS) is 13.9. The number of likely N-dealkylation sites (tertiary alicyclic amines) is 1. The molecule has 3 aromatic rings. The van der Waals surface area contributed by atoms with Gasteiger partial charge >= 0.3 is 0 Å². The maximum atomic E-state index is 15.2. The number of nitrogen functional groups attached to an aromatic ring is 1. The van der Waals surface area contributed by atoms with Crippen molar-refractivity contribution in [1.82, 2.24) is 14.7 Å². The monoisotopic (exact) mass is 431 g/mol. The van der Waals surface area contributed by atoms with Gasteiger partial charge in [-0.25, -0.2) is 9.07 Å². The smallest absolute Gasteiger partial charge is 0.259 e. The third-order valence-electron chi connectivity index (χ3n) is 5.90. The molecule has 32 heavy (non-hydrogen) atoms. The minimum atomic E-state index is -0.451. The first kappa shape index (κ1) is 21.6. The van der Waals surface area contributed by atoms with Crippen LogP contribution in [0.2, 0.25) is 0 Å². The van der Waals surface area contributed by atoms with Gasteiger partial charge < -0.3 is 10.6 Å². The fraction of sp³-hybridized carbons (Fsp3) is 0.320. The number of nitriles is 1. The second-order valence-corrected chi connectivity index (χ2v) is 8.43. The Labute approximate surface area is 187 Å². The molecule has 4 rings (SSSR count). The number of aromatic nitrogens is 2. The molecule has 0 radical (unpaired) electrons. The van der Waals surface area contributed by atoms with Gasteiger partial charge in [0.25, 0.3) is 5.91 Å². The summed E-state index contributed by atoms with van der Waals surface area (Å²) in [6.45, 7) is 5.29. The molecule has 1 fully saturated rings. The van der Waals surface area contributed by atoms with E-state index in [4.69, 9.17) is 5.73 Å². The van der Waals surface area contributed by atoms with E-state index in [1.165, 1.54) is 10.7 Å². The second kappa shape index (κ2) is 8.83. The van der Waals surface area contributed by atoms with Crippen molar-refractivity contribution in [1.29, 1.82) is 5.26 Å². The molecule has 7 heteroatoms. The minimum absolute atomic E-state index is 0.0465. The first-order valence-corrected chi connectivity index (χ1v) is 10.9. The molecule has 0 aliphatic carbocycles. The maximum Gasteiger partial charge on any atom is 0.259 e. The Bertz CT molecular complexity index is 1200. The Kier molecular flexibility index (Phi) is 5.95. The fourth-order valence-electron chi connectivity index (χ4n) is 4.13. The summed E-state index contributed by atoms with van der Waals surface area (Å²) in [5, 5.41) is 13.8. The first-order chi connectivity index (χ1) is 15.4. The van der Waals surface area contributed by atoms with Gasteiger partial charge in [0.2, 0.25) is 0 Å². The molecular weight excluding hydrogens is 405 g/mol. The summed E-state index contributed by atoms with van der Waals surface area (Å²) < 4.78 is 16.6. The van der Waals surface area contributed by atoms with Gasteiger partial charge in [0.1, 0.15) is 17.1 Å². The second-order valence-electron chi connectivity index (χ2n) is 8.43. The molecule has 1 amide bonds. The van der Waals surface area contributed by atoms with Crippen LogP contribution >= 0.6 is 0 Å². The number of nitrogens with zero attached hydrogens (tertiary/aromatic N) is 4. The highest BCUT2D eigenvalue weighted by atomic mass is 19.1. The Balaban J connectivity index is 1.93. The van der Waals surface area contributed by atoms with Crippen molar-refractivity contribution in [2.75, 3.05) is 18.8 Å². The van der Waals surface area contributed by atoms with Gasteiger partial charge in [0.15, 0.2) is 5.82 Å². The standard InChI is InChI=1S/C25H26FN5O/c1-16(2)18-9-10-21(20(26)14-18)31-23(19-8-6-7-17(13-19)15-27)22(24(28)29-31)25(32)30-11-4-3-5-12-30/h6-10,13-14,16H,3-5,11-12H2,1-2H3,(H2,28,29). The van der Waals surface area contributed by atoms with Crippen LogP contribution in [0.1, 0.15) is 60.5 Å². The Hall–Kier alpha value is -3.66. The Morgan fingerprint density at radius 3 is 2.56 bits per heavy atom. The number of hydrogen-bond donors (Lipinski definition) is 1. The van der Waals surface area contributed by atoms with E-state index in [0.717, 1.165) is 24.8 Å². The number of carbonyl (C=O) groups is 1. The number of hydrogen-bond acceptors (Lipinski definition) is 4. The fourth-order valence-corrected chi connectivity index (χ4v) is 4.13. The summed E-state index contributed by atoms with van der Waals surface area (Å²) in [6.07, 6.45) is 2.96. The average Bonchev–Trinajstić information content (AvgIpc) is 3.15. The summed E-state index contributed by atoms with van der Waals surface area (Å²) in [6, 6.07) is 14.0. The zero-order valence-electron chi connectivity index (χ0n) is 18.3. The molecule has 0 bridgehead atoms. The highest BCUT2D eigenvalue weighted by Crippen LogP contribution is 2.34. The molecule has 1 saturated heterocycles. The van der Waals surface area contributed by atoms with Crippen LogP contribution in [-0.2, 0) is 0 Å². The van der Waals surface area contributed by atoms with Crippen LogP contribution in [0.5, 0.6) is 0 Å². The minimum Gasteiger partial charge on any atom is -0.382 e. The number of rotatable bonds is 4. The number of anilines is 1. The largest absolute Gasteiger partial charge is 0.382 e. The summed E-state index contributed by atoms with van der Waals surface area (Å²) >= 11 is 0. The van der Waals surface area contributed by atoms with Gasteiger partial charge in [0.05, 0.1) is 17.3 Å². The van der Waals surface area contributed by atoms with Crippen molar-refractivity contribution in [2.45, 2.75) is 39.0 Å². The predicted molar refractivity (Wildman–Crippen MR) is 122 cm³/mol. The highest BCUT2D eigenvalue weighted by Gasteiger charge is 2.29. The van der Waals surface area contributed by atoms with Crippen molar-refractivity contribution in [3.8, 4) is 23.0 Å². The van der Waals surface area contributed by atoms with E-state index in [1.807, 2.05) is 19.9 Å². The molecule has 1 aliphatic heterocycles. The van der Waals surface area contributed by atoms with Gasteiger partial charge in [-0.3, -0.25) is 4.79 Å². The molecule has 2 N–H and O–H groups in total. The number of piperidine rings is 1. The lowest BCUT2D eigenvalue weighted by atomic mass is 10.0. The topological polar surface area (TPSA) is 87.9 Å². The number of carbonyl (C=O) groups excluding carboxylic acids is 1. The highest BCUT2D eigenvalue weighted by molar-refractivity contribution is 6.04. The third-order valence-corrected chi connectivity index (χ3v) is 5.90. The molecular formula is C25H26FN5O. The quantitative estimate of drug-likeness (QED) is 0.638. The Morgan fingerprint density at radius 2 is 1.91 bits per heavy atom. The zero-order valence-corrected chi connectivity index (χ0v) is 18.3. The summed E-state index contributed by atoms with van der Waals surface area (Å²) in [4.78, 5) is 15.3. The van der Waals surface area contributed by atoms with Gasteiger partial charge in [-0.05, 0) is 55.0 Å². The number of amides is 1. The summed E-state index contributed by atoms with van der Waals surface area (Å²) in [7, 11) is 0. The van der Waals surface area contributed by atoms with Gasteiger partial charge in [0, 0.05) is 18.7 Å². The molecule has 0 saturated carbocycles. The van der Waals surface area contributed by atoms with Crippen molar-refractivity contribution in [3.63, 3.8) is 0 Å². The molecule has 164 valence electrons. The van der Waals surface area contributed by atoms with E-state index < -0.39 is 5.82 Å². The van der Waals surface area contributed by atoms with Crippen LogP contribution in [0, 0.1) is 17.1 Å². The summed E-state index contributed by atoms with van der Waals surface area (Å²) in [5.74, 6) is -0.451. The molecule has 0 spiro atoms. The van der Waals surface area contributed by atoms with E-state index in [1.54, 1.807) is 35.2 Å². The van der Waals surface area contributed by atoms with Crippen LogP contribution in [0.15, 0.2) is 42.5 Å². The predicted octanol–water partition coefficient (Wildman–Crippen LogP) is 4.88. The van der Waals surface area contributed by atoms with Crippen molar-refractivity contribution < 1.29 is 9.18 Å². The van der Waals surface area contributed by atoms with E-state index >= 15 is 4.39 Å². The van der Waals surface area contributed by atoms with E-state index in [2.05, 4.69) is 11.2 Å². The lowest BCUT2D eigenvalue weighted by Crippen LogP contribution is -2.36. The molecule has 1 aromatic heterocycles. The number of benzene rings is 2. The Morgan fingerprint density at radius 1 is 1.16 bits per heavy atom. The lowest BCUT2D eigenvalue weighted by Gasteiger charge is -2.27. The van der Waals surface area contributed by atoms with Gasteiger partial charge in [-0.1, -0.05) is 32.0 Å². The van der Waals surface area contributed by atoms with Crippen LogP contribution in [-0.4, -0.2) is 33.7 Å². The molecule has 2 heterocycles. The molecule has 0 atom stereocenters. The average molecular weight is 432 g/mol. The lowest BCUT2D eigenvalue weighted by molar-refractivity contribution is 0.0726. The summed E-state index contributed by atoms with van der Waals surface area (Å²) in [5.41, 5.74) is 8.98. The SMILES string of the molecule is CC(C)c1ccc(-n2nc(N)c(C(=O)N3CCCCC3)c2-c2cccc(C#N)c2)c(F)c1. The molecule has 1 aliphatic rings. The van der Waals surface area contributed by atoms with Gasteiger partial charge in [-0.2, -0.15) is 5.26 Å². The van der Waals surface area contributed by atoms with Crippen LogP contribution in [0.25, 0.3) is 16.9 Å². The zero-order chi connectivity index (χ0) is 22.8. The van der Waals surface area contributed by atoms with Crippen molar-refractivity contribution in [2.24, 2.45) is 0 Å². The molecule has 2 aromatic carbocycles. The number of halogens is 1. The first-order valence-electron chi connectivity index (χ1n) is 10.9. The third kappa shape index (κ3) is 3.96. The van der Waals surface area contributed by atoms with E-state index in [9.17, 15) is 10.1 Å². The van der Waals surface area contributed by atoms with Crippen molar-refractivity contribution >= 4 is 11.7 Å². The van der Waals surface area contributed by atoms with Crippen molar-refractivity contribution in [3.05, 3.63) is 65.0 Å². The van der Waals surface area contributed by atoms with Crippen LogP contribution in [0.4, 0.5) is 10.2 Å². The van der Waals surface area contributed by atoms with Gasteiger partial charge in [-0.15, -0.1) is 5.10 Å². The van der Waals surface area contributed by atoms with Crippen LogP contribution < -0.4 is 5.73 Å². The molecule has 6 nitrogen and oxygen atoms in total. The molecule has 0 unspecified atom stereocenters. The maximum absolute atomic E-state index is 15.2.